The minimum absolute atomic E-state index is 0.0193. The molecule has 0 aliphatic rings. The number of aromatic nitrogens is 3. The molecule has 0 fully saturated rings. The summed E-state index contributed by atoms with van der Waals surface area (Å²) in [5.74, 6) is 0.706. The van der Waals surface area contributed by atoms with E-state index in [0.717, 1.165) is 49.7 Å². The van der Waals surface area contributed by atoms with Crippen molar-refractivity contribution in [1.29, 1.82) is 0 Å². The summed E-state index contributed by atoms with van der Waals surface area (Å²) in [6.45, 7) is 30.0. The molecule has 0 spiro atoms. The van der Waals surface area contributed by atoms with Gasteiger partial charge in [0.15, 0.2) is 0 Å². The molecule has 312 valence electrons. The van der Waals surface area contributed by atoms with E-state index < -0.39 is 33.3 Å². The molecule has 0 saturated carbocycles. The molecular weight excluding hydrogens is 715 g/mol. The first-order valence-electron chi connectivity index (χ1n) is 20.8. The zero-order chi connectivity index (χ0) is 43.1. The standard InChI is InChI=1S/C48H69N3O6/c1-16-28(4)34-19-31(22-37(40(34)52)46(7,8)9)25-49-43(55)50(26-32-20-35(29(5)17-2)41(53)38(23-32)47(10,11)12)45(57)51(44(49)56)27-33-21-36(30(6)18-3)42(54)39(24-33)48(13,14)15/h19-24,28-30,52-54H,16-18,25-27H2,1-15H3. The lowest BCUT2D eigenvalue weighted by atomic mass is 9.82. The Hall–Kier alpha value is -4.53. The van der Waals surface area contributed by atoms with Crippen molar-refractivity contribution in [1.82, 2.24) is 13.7 Å². The lowest BCUT2D eigenvalue weighted by Crippen LogP contribution is -2.54. The number of nitrogens with zero attached hydrogens (tertiary/aromatic N) is 3. The number of phenolic OH excluding ortho intramolecular Hbond substituents is 3. The van der Waals surface area contributed by atoms with E-state index in [0.29, 0.717) is 33.4 Å². The molecule has 3 aromatic carbocycles. The zero-order valence-corrected chi connectivity index (χ0v) is 37.3. The van der Waals surface area contributed by atoms with Crippen LogP contribution in [0.25, 0.3) is 0 Å². The molecule has 0 aliphatic heterocycles. The van der Waals surface area contributed by atoms with Gasteiger partial charge in [-0.1, -0.05) is 122 Å². The number of phenols is 3. The van der Waals surface area contributed by atoms with Gasteiger partial charge >= 0.3 is 17.1 Å². The van der Waals surface area contributed by atoms with Crippen molar-refractivity contribution in [3.8, 4) is 17.2 Å². The van der Waals surface area contributed by atoms with Crippen LogP contribution in [0.5, 0.6) is 17.2 Å². The van der Waals surface area contributed by atoms with Crippen molar-refractivity contribution in [2.45, 2.75) is 177 Å². The smallest absolute Gasteiger partial charge is 0.336 e. The van der Waals surface area contributed by atoms with Crippen LogP contribution in [0.4, 0.5) is 0 Å². The summed E-state index contributed by atoms with van der Waals surface area (Å²) >= 11 is 0. The van der Waals surface area contributed by atoms with E-state index >= 15 is 0 Å². The molecule has 4 aromatic rings. The molecule has 0 radical (unpaired) electrons. The minimum Gasteiger partial charge on any atom is -0.507 e. The maximum Gasteiger partial charge on any atom is 0.336 e. The van der Waals surface area contributed by atoms with Crippen molar-refractivity contribution >= 4 is 0 Å². The van der Waals surface area contributed by atoms with Gasteiger partial charge in [0.05, 0.1) is 19.6 Å². The Morgan fingerprint density at radius 1 is 0.439 bits per heavy atom. The molecule has 9 heteroatoms. The SMILES string of the molecule is CCC(C)c1cc(Cn2c(=O)n(Cc3cc(C(C)CC)c(O)c(C(C)(C)C)c3)c(=O)n(Cc3cc(C(C)CC)c(O)c(C(C)(C)C)c3)c2=O)cc(C(C)(C)C)c1O. The van der Waals surface area contributed by atoms with E-state index in [2.05, 4.69) is 20.8 Å². The maximum atomic E-state index is 14.7. The van der Waals surface area contributed by atoms with Gasteiger partial charge in [0.1, 0.15) is 17.2 Å². The second-order valence-electron chi connectivity index (χ2n) is 19.5. The van der Waals surface area contributed by atoms with Crippen LogP contribution in [0.3, 0.4) is 0 Å². The summed E-state index contributed by atoms with van der Waals surface area (Å²) in [6, 6.07) is 11.2. The molecule has 9 nitrogen and oxygen atoms in total. The predicted octanol–water partition coefficient (Wildman–Crippen LogP) is 9.87. The highest BCUT2D eigenvalue weighted by molar-refractivity contribution is 5.51. The van der Waals surface area contributed by atoms with Gasteiger partial charge in [0, 0.05) is 0 Å². The van der Waals surface area contributed by atoms with Gasteiger partial charge in [0.2, 0.25) is 0 Å². The van der Waals surface area contributed by atoms with Crippen LogP contribution >= 0.6 is 0 Å². The molecule has 3 unspecified atom stereocenters. The minimum atomic E-state index is -0.742. The molecule has 0 saturated heterocycles. The molecule has 57 heavy (non-hydrogen) atoms. The number of hydrogen-bond donors (Lipinski definition) is 3. The second kappa shape index (κ2) is 16.8. The summed E-state index contributed by atoms with van der Waals surface area (Å²) in [4.78, 5) is 44.0. The van der Waals surface area contributed by atoms with E-state index in [1.807, 2.05) is 119 Å². The Balaban J connectivity index is 2.09. The zero-order valence-electron chi connectivity index (χ0n) is 37.3. The summed E-state index contributed by atoms with van der Waals surface area (Å²) in [5.41, 5.74) is 2.86. The molecule has 3 atom stereocenters. The quantitative estimate of drug-likeness (QED) is 0.131. The molecule has 0 aliphatic carbocycles. The van der Waals surface area contributed by atoms with Crippen molar-refractivity contribution in [2.24, 2.45) is 0 Å². The van der Waals surface area contributed by atoms with Gasteiger partial charge in [-0.25, -0.2) is 28.1 Å². The first-order chi connectivity index (χ1) is 26.3. The van der Waals surface area contributed by atoms with Crippen LogP contribution in [0.15, 0.2) is 50.8 Å². The van der Waals surface area contributed by atoms with Gasteiger partial charge in [-0.05, 0) is 122 Å². The van der Waals surface area contributed by atoms with E-state index in [-0.39, 0.29) is 54.6 Å². The second-order valence-corrected chi connectivity index (χ2v) is 19.5. The normalized spacial score (nSPS) is 14.2. The summed E-state index contributed by atoms with van der Waals surface area (Å²) in [6.07, 6.45) is 2.34. The van der Waals surface area contributed by atoms with Gasteiger partial charge in [0.25, 0.3) is 0 Å². The monoisotopic (exact) mass is 784 g/mol. The molecular formula is C48H69N3O6. The molecule has 3 N–H and O–H groups in total. The van der Waals surface area contributed by atoms with E-state index in [9.17, 15) is 29.7 Å². The first-order valence-corrected chi connectivity index (χ1v) is 20.8. The average molecular weight is 784 g/mol. The number of aromatic hydroxyl groups is 3. The van der Waals surface area contributed by atoms with Crippen LogP contribution in [0, 0.1) is 0 Å². The molecule has 1 aromatic heterocycles. The lowest BCUT2D eigenvalue weighted by Gasteiger charge is -2.26. The Labute approximate surface area is 340 Å². The van der Waals surface area contributed by atoms with E-state index in [1.54, 1.807) is 0 Å². The van der Waals surface area contributed by atoms with Gasteiger partial charge < -0.3 is 15.3 Å². The third-order valence-corrected chi connectivity index (χ3v) is 11.9. The Morgan fingerprint density at radius 3 is 0.825 bits per heavy atom. The Kier molecular flexibility index (Phi) is 13.3. The summed E-state index contributed by atoms with van der Waals surface area (Å²) in [7, 11) is 0. The molecule has 0 amide bonds. The van der Waals surface area contributed by atoms with Crippen LogP contribution in [0.2, 0.25) is 0 Å². The Bertz CT molecular complexity index is 2000. The first kappa shape index (κ1) is 45.2. The van der Waals surface area contributed by atoms with Crippen molar-refractivity contribution < 1.29 is 15.3 Å². The van der Waals surface area contributed by atoms with Crippen LogP contribution < -0.4 is 17.1 Å². The molecule has 0 bridgehead atoms. The van der Waals surface area contributed by atoms with Gasteiger partial charge in [-0.15, -0.1) is 0 Å². The third-order valence-electron chi connectivity index (χ3n) is 11.9. The Morgan fingerprint density at radius 2 is 0.649 bits per heavy atom. The van der Waals surface area contributed by atoms with Crippen molar-refractivity contribution in [3.63, 3.8) is 0 Å². The van der Waals surface area contributed by atoms with Crippen LogP contribution in [-0.4, -0.2) is 29.0 Å². The van der Waals surface area contributed by atoms with Gasteiger partial charge in [-0.3, -0.25) is 0 Å². The topological polar surface area (TPSA) is 127 Å². The fourth-order valence-corrected chi connectivity index (χ4v) is 7.57. The van der Waals surface area contributed by atoms with E-state index in [1.165, 1.54) is 0 Å². The average Bonchev–Trinajstić information content (AvgIpc) is 3.12. The highest BCUT2D eigenvalue weighted by Gasteiger charge is 2.28. The number of hydrogen-bond acceptors (Lipinski definition) is 6. The van der Waals surface area contributed by atoms with Crippen LogP contribution in [0.1, 0.15) is 191 Å². The maximum absolute atomic E-state index is 14.7. The number of rotatable bonds is 12. The number of benzene rings is 3. The highest BCUT2D eigenvalue weighted by atomic mass is 16.3. The van der Waals surface area contributed by atoms with Gasteiger partial charge in [-0.2, -0.15) is 0 Å². The van der Waals surface area contributed by atoms with Crippen molar-refractivity contribution in [2.75, 3.05) is 0 Å². The van der Waals surface area contributed by atoms with E-state index in [4.69, 9.17) is 0 Å². The van der Waals surface area contributed by atoms with Crippen molar-refractivity contribution in [3.05, 3.63) is 118 Å². The molecule has 1 heterocycles. The van der Waals surface area contributed by atoms with Crippen LogP contribution in [-0.2, 0) is 35.9 Å². The molecule has 4 rings (SSSR count). The summed E-state index contributed by atoms with van der Waals surface area (Å²) < 4.78 is 3.38. The predicted molar refractivity (Wildman–Crippen MR) is 233 cm³/mol. The largest absolute Gasteiger partial charge is 0.507 e. The summed E-state index contributed by atoms with van der Waals surface area (Å²) in [5, 5.41) is 34.3. The highest BCUT2D eigenvalue weighted by Crippen LogP contribution is 2.41. The lowest BCUT2D eigenvalue weighted by molar-refractivity contribution is 0.433. The fourth-order valence-electron chi connectivity index (χ4n) is 7.57. The fraction of sp³-hybridized carbons (Fsp3) is 0.562. The third kappa shape index (κ3) is 9.45.